The van der Waals surface area contributed by atoms with Crippen LogP contribution in [-0.2, 0) is 36.2 Å². The molecule has 2 aliphatic heterocycles. The van der Waals surface area contributed by atoms with E-state index in [1.54, 1.807) is 18.2 Å². The molecule has 2 aromatic carbocycles. The molecule has 36 heavy (non-hydrogen) atoms. The van der Waals surface area contributed by atoms with E-state index in [-0.39, 0.29) is 28.4 Å². The Hall–Kier alpha value is -2.67. The zero-order valence-corrected chi connectivity index (χ0v) is 21.6. The summed E-state index contributed by atoms with van der Waals surface area (Å²) in [6, 6.07) is 9.42. The van der Waals surface area contributed by atoms with Crippen LogP contribution in [0.2, 0.25) is 0 Å². The van der Waals surface area contributed by atoms with Gasteiger partial charge in [-0.15, -0.1) is 0 Å². The Labute approximate surface area is 210 Å². The normalized spacial score (nSPS) is 23.7. The highest BCUT2D eigenvalue weighted by molar-refractivity contribution is 7.89. The number of rotatable bonds is 7. The van der Waals surface area contributed by atoms with Gasteiger partial charge in [-0.3, -0.25) is 4.79 Å². The quantitative estimate of drug-likeness (QED) is 0.493. The van der Waals surface area contributed by atoms with Gasteiger partial charge in [-0.05, 0) is 55.0 Å². The van der Waals surface area contributed by atoms with Gasteiger partial charge in [0.05, 0.1) is 9.79 Å². The van der Waals surface area contributed by atoms with Gasteiger partial charge in [0.2, 0.25) is 20.0 Å². The van der Waals surface area contributed by atoms with Crippen molar-refractivity contribution >= 4 is 26.0 Å². The first-order valence-corrected chi connectivity index (χ1v) is 14.6. The molecule has 1 saturated carbocycles. The number of ether oxygens (including phenoxy) is 3. The zero-order valence-electron chi connectivity index (χ0n) is 20.0. The van der Waals surface area contributed by atoms with E-state index in [1.165, 1.54) is 42.7 Å². The summed E-state index contributed by atoms with van der Waals surface area (Å²) >= 11 is 0. The van der Waals surface area contributed by atoms with E-state index in [2.05, 4.69) is 0 Å². The summed E-state index contributed by atoms with van der Waals surface area (Å²) < 4.78 is 71.2. The van der Waals surface area contributed by atoms with Crippen LogP contribution in [0, 0.1) is 5.92 Å². The minimum Gasteiger partial charge on any atom is -0.486 e. The lowest BCUT2D eigenvalue weighted by Crippen LogP contribution is -2.49. The first-order valence-electron chi connectivity index (χ1n) is 11.7. The van der Waals surface area contributed by atoms with Crippen LogP contribution in [0.25, 0.3) is 0 Å². The highest BCUT2D eigenvalue weighted by Crippen LogP contribution is 2.46. The third-order valence-corrected chi connectivity index (χ3v) is 10.7. The second-order valence-electron chi connectivity index (χ2n) is 9.35. The molecule has 0 amide bonds. The number of hydrogen-bond donors (Lipinski definition) is 0. The Kier molecular flexibility index (Phi) is 6.48. The highest BCUT2D eigenvalue weighted by Gasteiger charge is 2.55. The summed E-state index contributed by atoms with van der Waals surface area (Å²) in [4.78, 5) is 13.3. The number of carbonyl (C=O) groups excluding carboxylic acids is 1. The van der Waals surface area contributed by atoms with Crippen LogP contribution >= 0.6 is 0 Å². The average Bonchev–Trinajstić information content (AvgIpc) is 3.49. The van der Waals surface area contributed by atoms with Crippen LogP contribution in [-0.4, -0.2) is 70.8 Å². The third kappa shape index (κ3) is 4.36. The Morgan fingerprint density at radius 1 is 1.00 bits per heavy atom. The van der Waals surface area contributed by atoms with Gasteiger partial charge in [-0.1, -0.05) is 12.1 Å². The molecule has 0 radical (unpaired) electrons. The van der Waals surface area contributed by atoms with Crippen LogP contribution in [0.1, 0.15) is 24.8 Å². The van der Waals surface area contributed by atoms with E-state index in [4.69, 9.17) is 14.2 Å². The second-order valence-corrected chi connectivity index (χ2v) is 13.3. The average molecular weight is 537 g/mol. The van der Waals surface area contributed by atoms with Crippen molar-refractivity contribution < 1.29 is 35.8 Å². The summed E-state index contributed by atoms with van der Waals surface area (Å²) in [7, 11) is -4.77. The zero-order chi connectivity index (χ0) is 25.7. The van der Waals surface area contributed by atoms with Crippen LogP contribution in [0.5, 0.6) is 11.5 Å². The largest absolute Gasteiger partial charge is 0.486 e. The van der Waals surface area contributed by atoms with E-state index in [1.807, 2.05) is 0 Å². The van der Waals surface area contributed by atoms with Crippen molar-refractivity contribution in [2.24, 2.45) is 5.92 Å². The van der Waals surface area contributed by atoms with Crippen molar-refractivity contribution in [2.45, 2.75) is 47.7 Å². The smallest absolute Gasteiger partial charge is 0.325 e. The molecule has 3 unspecified atom stereocenters. The molecular weight excluding hydrogens is 508 g/mol. The molecule has 2 bridgehead atoms. The van der Waals surface area contributed by atoms with Crippen molar-refractivity contribution in [3.8, 4) is 11.5 Å². The SMILES string of the molecule is CN(C)S(=O)(=O)c1cccc(COC(=O)C2C3CCC(C3)N2S(=O)(=O)c2ccc3c(c2)OCCO3)c1. The van der Waals surface area contributed by atoms with Gasteiger partial charge in [-0.2, -0.15) is 4.31 Å². The van der Waals surface area contributed by atoms with Crippen LogP contribution in [0.4, 0.5) is 0 Å². The summed E-state index contributed by atoms with van der Waals surface area (Å²) in [5.74, 6) is 0.0788. The van der Waals surface area contributed by atoms with E-state index >= 15 is 0 Å². The minimum atomic E-state index is -4.00. The summed E-state index contributed by atoms with van der Waals surface area (Å²) in [6.07, 6.45) is 2.02. The molecule has 5 rings (SSSR count). The van der Waals surface area contributed by atoms with E-state index in [0.29, 0.717) is 43.1 Å². The molecule has 2 fully saturated rings. The summed E-state index contributed by atoms with van der Waals surface area (Å²) in [5, 5.41) is 0. The van der Waals surface area contributed by atoms with E-state index < -0.39 is 32.1 Å². The first-order chi connectivity index (χ1) is 17.1. The Morgan fingerprint density at radius 3 is 2.50 bits per heavy atom. The number of nitrogens with zero attached hydrogens (tertiary/aromatic N) is 2. The molecule has 10 nitrogen and oxygen atoms in total. The maximum absolute atomic E-state index is 13.7. The molecule has 3 aliphatic rings. The van der Waals surface area contributed by atoms with Crippen molar-refractivity contribution in [3.63, 3.8) is 0 Å². The van der Waals surface area contributed by atoms with E-state index in [0.717, 1.165) is 10.7 Å². The monoisotopic (exact) mass is 536 g/mol. The topological polar surface area (TPSA) is 120 Å². The van der Waals surface area contributed by atoms with E-state index in [9.17, 15) is 21.6 Å². The Morgan fingerprint density at radius 2 is 1.75 bits per heavy atom. The molecular formula is C24H28N2O8S2. The van der Waals surface area contributed by atoms with Crippen LogP contribution in [0.3, 0.4) is 0 Å². The molecule has 194 valence electrons. The van der Waals surface area contributed by atoms with Gasteiger partial charge >= 0.3 is 5.97 Å². The lowest BCUT2D eigenvalue weighted by Gasteiger charge is -2.33. The molecule has 1 saturated heterocycles. The van der Waals surface area contributed by atoms with Crippen LogP contribution < -0.4 is 9.47 Å². The number of fused-ring (bicyclic) bond motifs is 3. The number of piperidine rings is 1. The Balaban J connectivity index is 1.36. The standard InChI is InChI=1S/C24H28N2O8S2/c1-25(2)35(28,29)19-5-3-4-16(12-19)15-34-24(27)23-17-6-7-18(13-17)26(23)36(30,31)20-8-9-21-22(14-20)33-11-10-32-21/h3-5,8-9,12,14,17-18,23H,6-7,10-11,13,15H2,1-2H3. The number of hydrogen-bond acceptors (Lipinski definition) is 8. The molecule has 1 aliphatic carbocycles. The number of sulfonamides is 2. The predicted molar refractivity (Wildman–Crippen MR) is 128 cm³/mol. The molecule has 3 atom stereocenters. The molecule has 2 heterocycles. The molecule has 0 spiro atoms. The van der Waals surface area contributed by atoms with Gasteiger partial charge in [0.25, 0.3) is 0 Å². The fraction of sp³-hybridized carbons (Fsp3) is 0.458. The Bertz CT molecular complexity index is 1390. The molecule has 2 aromatic rings. The summed E-state index contributed by atoms with van der Waals surface area (Å²) in [5.41, 5.74) is 0.496. The highest BCUT2D eigenvalue weighted by atomic mass is 32.2. The van der Waals surface area contributed by atoms with Gasteiger partial charge < -0.3 is 14.2 Å². The molecule has 12 heteroatoms. The van der Waals surface area contributed by atoms with Crippen molar-refractivity contribution in [3.05, 3.63) is 48.0 Å². The van der Waals surface area contributed by atoms with Crippen molar-refractivity contribution in [1.29, 1.82) is 0 Å². The number of carbonyl (C=O) groups is 1. The van der Waals surface area contributed by atoms with Gasteiger partial charge in [0.15, 0.2) is 11.5 Å². The third-order valence-electron chi connectivity index (χ3n) is 6.91. The second kappa shape index (κ2) is 9.33. The first kappa shape index (κ1) is 25.0. The van der Waals surface area contributed by atoms with Crippen LogP contribution in [0.15, 0.2) is 52.3 Å². The van der Waals surface area contributed by atoms with Gasteiger partial charge in [0.1, 0.15) is 25.9 Å². The van der Waals surface area contributed by atoms with Crippen molar-refractivity contribution in [1.82, 2.24) is 8.61 Å². The number of benzene rings is 2. The minimum absolute atomic E-state index is 0.0405. The fourth-order valence-corrected chi connectivity index (χ4v) is 7.99. The lowest BCUT2D eigenvalue weighted by atomic mass is 10.0. The fourth-order valence-electron chi connectivity index (χ4n) is 5.14. The lowest BCUT2D eigenvalue weighted by molar-refractivity contribution is -0.151. The molecule has 0 aromatic heterocycles. The molecule has 0 N–H and O–H groups in total. The maximum atomic E-state index is 13.7. The van der Waals surface area contributed by atoms with Gasteiger partial charge in [-0.25, -0.2) is 21.1 Å². The maximum Gasteiger partial charge on any atom is 0.325 e. The summed E-state index contributed by atoms with van der Waals surface area (Å²) in [6.45, 7) is 0.561. The van der Waals surface area contributed by atoms with Crippen molar-refractivity contribution in [2.75, 3.05) is 27.3 Å². The van der Waals surface area contributed by atoms with Gasteiger partial charge in [0, 0.05) is 26.2 Å². The number of esters is 1. The predicted octanol–water partition coefficient (Wildman–Crippen LogP) is 1.99.